The molecule has 0 rings (SSSR count). The van der Waals surface area contributed by atoms with E-state index in [1.54, 1.807) is 0 Å². The number of hydrogen-bond donors (Lipinski definition) is 2. The fourth-order valence-corrected chi connectivity index (χ4v) is 0.452. The van der Waals surface area contributed by atoms with Crippen LogP contribution in [0.1, 0.15) is 0 Å². The Hall–Kier alpha value is 0.499. The molecule has 46 valence electrons. The van der Waals surface area contributed by atoms with Gasteiger partial charge in [0, 0.05) is 0 Å². The second kappa shape index (κ2) is 3.50. The van der Waals surface area contributed by atoms with Crippen LogP contribution in [0.15, 0.2) is 0 Å². The fourth-order valence-electron chi connectivity index (χ4n) is 0.0648. The van der Waals surface area contributed by atoms with Crippen molar-refractivity contribution in [2.45, 2.75) is 6.04 Å². The minimum absolute atomic E-state index is 0.330. The van der Waals surface area contributed by atoms with Crippen LogP contribution in [0.2, 0.25) is 0 Å². The van der Waals surface area contributed by atoms with Crippen LogP contribution in [0.25, 0.3) is 0 Å². The Kier molecular flexibility index (Phi) is 3.74. The fraction of sp³-hybridized carbons (Fsp3) is 0.667. The van der Waals surface area contributed by atoms with E-state index in [9.17, 15) is 4.79 Å². The van der Waals surface area contributed by atoms with Gasteiger partial charge in [0.05, 0.1) is 0 Å². The number of carbonyl (C=O) groups excluding carboxylic acids is 1. The molecule has 0 bridgehead atoms. The molecule has 0 aliphatic heterocycles. The Balaban J connectivity index is 3.34. The van der Waals surface area contributed by atoms with E-state index >= 15 is 0 Å². The molecule has 0 amide bonds. The first-order chi connectivity index (χ1) is 3.18. The van der Waals surface area contributed by atoms with Crippen molar-refractivity contribution in [3.05, 3.63) is 0 Å². The first-order valence-corrected chi connectivity index (χ1v) is 2.80. The van der Waals surface area contributed by atoms with E-state index < -0.39 is 10.7 Å². The molecule has 0 saturated carbocycles. The zero-order chi connectivity index (χ0) is 5.86. The van der Waals surface area contributed by atoms with Crippen LogP contribution in [0.5, 0.6) is 0 Å². The first-order valence-electron chi connectivity index (χ1n) is 1.70. The van der Waals surface area contributed by atoms with Gasteiger partial charge in [-0.25, -0.2) is 0 Å². The maximum atomic E-state index is 10.0. The third-order valence-electron chi connectivity index (χ3n) is 0.460. The molecule has 2 nitrogen and oxygen atoms in total. The van der Waals surface area contributed by atoms with Crippen molar-refractivity contribution < 1.29 is 20.8 Å². The standard InChI is InChI=1S/C3H6NOS.Cu/c4-3(1-5)2-6;/h3,6H,2,4H2;. The normalized spacial score (nSPS) is 13.7. The van der Waals surface area contributed by atoms with Crippen molar-refractivity contribution in [2.24, 2.45) is 5.73 Å². The summed E-state index contributed by atoms with van der Waals surface area (Å²) >= 11 is 8.06. The van der Waals surface area contributed by atoms with Crippen molar-refractivity contribution >= 4 is 17.3 Å². The van der Waals surface area contributed by atoms with Crippen molar-refractivity contribution in [3.63, 3.8) is 0 Å². The third-order valence-corrected chi connectivity index (χ3v) is 1.20. The van der Waals surface area contributed by atoms with Gasteiger partial charge in [-0.2, -0.15) is 0 Å². The molecule has 0 radical (unpaired) electrons. The molecule has 0 aromatic carbocycles. The number of rotatable bonds is 2. The van der Waals surface area contributed by atoms with Crippen LogP contribution in [-0.4, -0.2) is 16.5 Å². The van der Waals surface area contributed by atoms with Crippen molar-refractivity contribution in [1.29, 1.82) is 0 Å². The van der Waals surface area contributed by atoms with Gasteiger partial charge in [-0.15, -0.1) is 0 Å². The van der Waals surface area contributed by atoms with E-state index in [0.717, 1.165) is 0 Å². The van der Waals surface area contributed by atoms with Gasteiger partial charge < -0.3 is 0 Å². The second-order valence-corrected chi connectivity index (χ2v) is 1.88. The Morgan fingerprint density at radius 1 is 2.00 bits per heavy atom. The Morgan fingerprint density at radius 3 is 2.43 bits per heavy atom. The van der Waals surface area contributed by atoms with Gasteiger partial charge in [0.15, 0.2) is 0 Å². The zero-order valence-corrected chi connectivity index (χ0v) is 5.35. The Bertz CT molecular complexity index is 77.3. The summed E-state index contributed by atoms with van der Waals surface area (Å²) in [6.45, 7) is 0. The van der Waals surface area contributed by atoms with E-state index in [0.29, 0.717) is 5.75 Å². The van der Waals surface area contributed by atoms with E-state index in [-0.39, 0.29) is 0 Å². The SMILES string of the molecule is NC(CS)[C](=O)[Cu]. The molecule has 0 heterocycles. The summed E-state index contributed by atoms with van der Waals surface area (Å²) in [4.78, 5) is 10.0. The van der Waals surface area contributed by atoms with Crippen LogP contribution < -0.4 is 5.73 Å². The molecular formula is C3H6CuNOS. The van der Waals surface area contributed by atoms with E-state index in [1.165, 1.54) is 0 Å². The number of carbonyl (C=O) groups is 1. The molecule has 7 heavy (non-hydrogen) atoms. The second-order valence-electron chi connectivity index (χ2n) is 1.06. The molecule has 0 aliphatic carbocycles. The van der Waals surface area contributed by atoms with Crippen LogP contribution in [0.4, 0.5) is 0 Å². The molecule has 0 fully saturated rings. The van der Waals surface area contributed by atoms with Crippen molar-refractivity contribution in [2.75, 3.05) is 5.75 Å². The molecule has 0 saturated heterocycles. The summed E-state index contributed by atoms with van der Waals surface area (Å²) in [5.74, 6) is 0.330. The average Bonchev–Trinajstić information content (AvgIpc) is 1.65. The topological polar surface area (TPSA) is 43.1 Å². The van der Waals surface area contributed by atoms with Gasteiger partial charge in [-0.05, 0) is 0 Å². The molecule has 1 atom stereocenters. The van der Waals surface area contributed by atoms with Gasteiger partial charge in [-0.1, -0.05) is 0 Å². The van der Waals surface area contributed by atoms with Crippen LogP contribution in [-0.2, 0) is 20.8 Å². The van der Waals surface area contributed by atoms with Gasteiger partial charge in [0.25, 0.3) is 0 Å². The van der Waals surface area contributed by atoms with Gasteiger partial charge in [0.2, 0.25) is 0 Å². The summed E-state index contributed by atoms with van der Waals surface area (Å²) in [6.07, 6.45) is 0. The summed E-state index contributed by atoms with van der Waals surface area (Å²) in [5.41, 5.74) is 5.08. The maximum absolute atomic E-state index is 10.0. The van der Waals surface area contributed by atoms with Gasteiger partial charge in [-0.3, -0.25) is 0 Å². The molecule has 1 unspecified atom stereocenters. The summed E-state index contributed by atoms with van der Waals surface area (Å²) in [5, 5.41) is 0. The molecular weight excluding hydrogens is 162 g/mol. The molecule has 0 aromatic rings. The molecule has 4 heteroatoms. The summed E-state index contributed by atoms with van der Waals surface area (Å²) < 4.78 is -0.442. The predicted octanol–water partition coefficient (Wildman–Crippen LogP) is -0.683. The summed E-state index contributed by atoms with van der Waals surface area (Å²) in [7, 11) is 0. The molecule has 0 aromatic heterocycles. The minimum atomic E-state index is -0.566. The van der Waals surface area contributed by atoms with Crippen molar-refractivity contribution in [3.8, 4) is 0 Å². The van der Waals surface area contributed by atoms with E-state index in [4.69, 9.17) is 5.73 Å². The first kappa shape index (κ1) is 7.50. The Labute approximate surface area is 56.1 Å². The molecule has 0 aliphatic rings. The number of thiol groups is 1. The van der Waals surface area contributed by atoms with Crippen LogP contribution in [0, 0.1) is 0 Å². The average molecular weight is 168 g/mol. The van der Waals surface area contributed by atoms with Gasteiger partial charge >= 0.3 is 55.6 Å². The monoisotopic (exact) mass is 167 g/mol. The third kappa shape index (κ3) is 3.11. The summed E-state index contributed by atoms with van der Waals surface area (Å²) in [6, 6.07) is -0.566. The molecule has 0 spiro atoms. The van der Waals surface area contributed by atoms with Crippen molar-refractivity contribution in [1.82, 2.24) is 0 Å². The zero-order valence-electron chi connectivity index (χ0n) is 3.52. The number of nitrogens with two attached hydrogens (primary N) is 1. The predicted molar refractivity (Wildman–Crippen MR) is 26.8 cm³/mol. The van der Waals surface area contributed by atoms with E-state index in [1.807, 2.05) is 0 Å². The molecule has 2 N–H and O–H groups in total. The number of hydrogen-bond acceptors (Lipinski definition) is 3. The van der Waals surface area contributed by atoms with Crippen LogP contribution >= 0.6 is 12.6 Å². The van der Waals surface area contributed by atoms with E-state index in [2.05, 4.69) is 28.6 Å². The van der Waals surface area contributed by atoms with Gasteiger partial charge in [0.1, 0.15) is 0 Å². The van der Waals surface area contributed by atoms with Crippen LogP contribution in [0.3, 0.4) is 0 Å². The Morgan fingerprint density at radius 2 is 2.43 bits per heavy atom. The quantitative estimate of drug-likeness (QED) is 0.423.